The van der Waals surface area contributed by atoms with Crippen LogP contribution in [0.5, 0.6) is 0 Å². The van der Waals surface area contributed by atoms with Crippen molar-refractivity contribution >= 4 is 33.5 Å². The summed E-state index contributed by atoms with van der Waals surface area (Å²) in [7, 11) is 0. The minimum absolute atomic E-state index is 0.0306. The Kier molecular flexibility index (Phi) is 4.03. The number of hydrogen-bond donors (Lipinski definition) is 4. The lowest BCUT2D eigenvalue weighted by Gasteiger charge is -2.08. The summed E-state index contributed by atoms with van der Waals surface area (Å²) in [6, 6.07) is 5.11. The maximum absolute atomic E-state index is 12.0. The average Bonchev–Trinajstić information content (AvgIpc) is 2.37. The van der Waals surface area contributed by atoms with E-state index in [1.165, 1.54) is 18.2 Å². The van der Waals surface area contributed by atoms with Crippen LogP contribution in [0.1, 0.15) is 20.8 Å². The van der Waals surface area contributed by atoms with E-state index in [9.17, 15) is 19.2 Å². The van der Waals surface area contributed by atoms with E-state index in [1.807, 2.05) is 4.98 Å². The summed E-state index contributed by atoms with van der Waals surface area (Å²) in [4.78, 5) is 49.4. The van der Waals surface area contributed by atoms with E-state index in [-0.39, 0.29) is 16.9 Å². The van der Waals surface area contributed by atoms with Crippen molar-refractivity contribution in [1.29, 1.82) is 0 Å². The Morgan fingerprint density at radius 3 is 2.48 bits per heavy atom. The maximum atomic E-state index is 12.0. The maximum Gasteiger partial charge on any atom is 0.337 e. The third-order valence-electron chi connectivity index (χ3n) is 2.47. The van der Waals surface area contributed by atoms with Crippen molar-refractivity contribution in [3.63, 3.8) is 0 Å². The second-order valence-electron chi connectivity index (χ2n) is 3.95. The van der Waals surface area contributed by atoms with Crippen molar-refractivity contribution in [2.75, 3.05) is 5.32 Å². The second-order valence-corrected chi connectivity index (χ2v) is 4.87. The fourth-order valence-electron chi connectivity index (χ4n) is 1.59. The number of H-pyrrole nitrogens is 2. The first-order valence-electron chi connectivity index (χ1n) is 5.54. The number of halogens is 1. The molecule has 21 heavy (non-hydrogen) atoms. The Labute approximate surface area is 125 Å². The fourth-order valence-corrected chi connectivity index (χ4v) is 1.95. The van der Waals surface area contributed by atoms with Crippen LogP contribution in [0.25, 0.3) is 0 Å². The van der Waals surface area contributed by atoms with Crippen LogP contribution >= 0.6 is 15.9 Å². The van der Waals surface area contributed by atoms with Gasteiger partial charge in [0.25, 0.3) is 11.5 Å². The number of benzene rings is 1. The first-order chi connectivity index (χ1) is 9.86. The third kappa shape index (κ3) is 3.45. The molecule has 0 aliphatic heterocycles. The number of hydrogen-bond acceptors (Lipinski definition) is 4. The third-order valence-corrected chi connectivity index (χ3v) is 2.96. The predicted octanol–water partition coefficient (Wildman–Crippen LogP) is 0.776. The van der Waals surface area contributed by atoms with Gasteiger partial charge in [0, 0.05) is 10.5 Å². The van der Waals surface area contributed by atoms with E-state index in [4.69, 9.17) is 5.11 Å². The van der Waals surface area contributed by atoms with Gasteiger partial charge in [-0.2, -0.15) is 0 Å². The van der Waals surface area contributed by atoms with Crippen LogP contribution < -0.4 is 16.6 Å². The molecule has 0 bridgehead atoms. The molecule has 0 saturated carbocycles. The number of nitrogens with one attached hydrogen (secondary N) is 3. The van der Waals surface area contributed by atoms with Gasteiger partial charge in [-0.3, -0.25) is 14.6 Å². The first-order valence-corrected chi connectivity index (χ1v) is 6.34. The lowest BCUT2D eigenvalue weighted by atomic mass is 10.1. The molecule has 0 radical (unpaired) electrons. The summed E-state index contributed by atoms with van der Waals surface area (Å²) in [5.41, 5.74) is -1.95. The highest BCUT2D eigenvalue weighted by Crippen LogP contribution is 2.21. The van der Waals surface area contributed by atoms with Crippen molar-refractivity contribution in [2.24, 2.45) is 0 Å². The van der Waals surface area contributed by atoms with E-state index in [0.717, 1.165) is 6.07 Å². The van der Waals surface area contributed by atoms with Gasteiger partial charge in [-0.1, -0.05) is 15.9 Å². The zero-order valence-corrected chi connectivity index (χ0v) is 11.9. The number of carboxylic acid groups (broad SMARTS) is 1. The highest BCUT2D eigenvalue weighted by molar-refractivity contribution is 9.10. The smallest absolute Gasteiger partial charge is 0.337 e. The SMILES string of the molecule is O=C(Nc1cc(Br)ccc1C(=O)O)c1cc(=O)[nH]c(=O)[nH]1. The molecule has 9 heteroatoms. The lowest BCUT2D eigenvalue weighted by molar-refractivity contribution is 0.0698. The van der Waals surface area contributed by atoms with Crippen LogP contribution in [0.4, 0.5) is 5.69 Å². The molecule has 2 rings (SSSR count). The molecule has 8 nitrogen and oxygen atoms in total. The second kappa shape index (κ2) is 5.75. The Bertz CT molecular complexity index is 811. The molecule has 1 aromatic carbocycles. The van der Waals surface area contributed by atoms with E-state index in [1.54, 1.807) is 0 Å². The summed E-state index contributed by atoms with van der Waals surface area (Å²) >= 11 is 3.16. The van der Waals surface area contributed by atoms with Crippen molar-refractivity contribution in [3.8, 4) is 0 Å². The minimum Gasteiger partial charge on any atom is -0.478 e. The molecular formula is C12H8BrN3O5. The van der Waals surface area contributed by atoms with Gasteiger partial charge >= 0.3 is 11.7 Å². The topological polar surface area (TPSA) is 132 Å². The Balaban J connectivity index is 2.40. The van der Waals surface area contributed by atoms with Crippen LogP contribution in [0.15, 0.2) is 38.3 Å². The van der Waals surface area contributed by atoms with Gasteiger partial charge in [-0.25, -0.2) is 9.59 Å². The number of anilines is 1. The van der Waals surface area contributed by atoms with Gasteiger partial charge in [0.05, 0.1) is 11.3 Å². The van der Waals surface area contributed by atoms with Gasteiger partial charge in [0.2, 0.25) is 0 Å². The molecule has 0 unspecified atom stereocenters. The van der Waals surface area contributed by atoms with E-state index >= 15 is 0 Å². The van der Waals surface area contributed by atoms with Crippen molar-refractivity contribution < 1.29 is 14.7 Å². The number of carbonyl (C=O) groups is 2. The van der Waals surface area contributed by atoms with Gasteiger partial charge in [-0.05, 0) is 18.2 Å². The Hall–Kier alpha value is -2.68. The number of aromatic carboxylic acids is 1. The molecule has 0 atom stereocenters. The van der Waals surface area contributed by atoms with E-state index in [0.29, 0.717) is 4.47 Å². The fraction of sp³-hybridized carbons (Fsp3) is 0. The number of aromatic nitrogens is 2. The summed E-state index contributed by atoms with van der Waals surface area (Å²) < 4.78 is 0.558. The molecule has 2 aromatic rings. The number of amides is 1. The van der Waals surface area contributed by atoms with Gasteiger partial charge in [0.1, 0.15) is 5.69 Å². The highest BCUT2D eigenvalue weighted by atomic mass is 79.9. The number of carboxylic acids is 1. The van der Waals surface area contributed by atoms with E-state index < -0.39 is 23.1 Å². The number of aromatic amines is 2. The molecular weight excluding hydrogens is 346 g/mol. The van der Waals surface area contributed by atoms with Crippen molar-refractivity contribution in [3.05, 3.63) is 60.8 Å². The van der Waals surface area contributed by atoms with Crippen LogP contribution in [-0.2, 0) is 0 Å². The van der Waals surface area contributed by atoms with Gasteiger partial charge < -0.3 is 15.4 Å². The normalized spacial score (nSPS) is 10.1. The van der Waals surface area contributed by atoms with E-state index in [2.05, 4.69) is 26.2 Å². The summed E-state index contributed by atoms with van der Waals surface area (Å²) in [5, 5.41) is 11.4. The lowest BCUT2D eigenvalue weighted by Crippen LogP contribution is -2.27. The van der Waals surface area contributed by atoms with Crippen LogP contribution in [0.3, 0.4) is 0 Å². The predicted molar refractivity (Wildman–Crippen MR) is 76.7 cm³/mol. The summed E-state index contributed by atoms with van der Waals surface area (Å²) in [6.45, 7) is 0. The molecule has 0 fully saturated rings. The molecule has 0 spiro atoms. The number of carbonyl (C=O) groups excluding carboxylic acids is 1. The zero-order chi connectivity index (χ0) is 15.6. The Morgan fingerprint density at radius 2 is 1.86 bits per heavy atom. The molecule has 0 saturated heterocycles. The molecule has 4 N–H and O–H groups in total. The molecule has 1 aromatic heterocycles. The minimum atomic E-state index is -1.22. The van der Waals surface area contributed by atoms with Crippen LogP contribution in [-0.4, -0.2) is 27.0 Å². The Morgan fingerprint density at radius 1 is 1.14 bits per heavy atom. The van der Waals surface area contributed by atoms with Crippen molar-refractivity contribution in [2.45, 2.75) is 0 Å². The van der Waals surface area contributed by atoms with Gasteiger partial charge in [-0.15, -0.1) is 0 Å². The summed E-state index contributed by atoms with van der Waals surface area (Å²) in [5.74, 6) is -2.03. The monoisotopic (exact) mass is 353 g/mol. The molecule has 108 valence electrons. The zero-order valence-electron chi connectivity index (χ0n) is 10.3. The quantitative estimate of drug-likeness (QED) is 0.647. The molecule has 1 amide bonds. The standard InChI is InChI=1S/C12H8BrN3O5/c13-5-1-2-6(11(19)20)7(3-5)14-10(18)8-4-9(17)16-12(21)15-8/h1-4H,(H,14,18)(H,19,20)(H2,15,16,17,21). The van der Waals surface area contributed by atoms with Crippen LogP contribution in [0, 0.1) is 0 Å². The summed E-state index contributed by atoms with van der Waals surface area (Å²) in [6.07, 6.45) is 0. The van der Waals surface area contributed by atoms with Gasteiger partial charge in [0.15, 0.2) is 0 Å². The molecule has 0 aliphatic rings. The van der Waals surface area contributed by atoms with Crippen LogP contribution in [0.2, 0.25) is 0 Å². The first kappa shape index (κ1) is 14.7. The highest BCUT2D eigenvalue weighted by Gasteiger charge is 2.15. The van der Waals surface area contributed by atoms with Crippen molar-refractivity contribution in [1.82, 2.24) is 9.97 Å². The average molecular weight is 354 g/mol. The number of rotatable bonds is 3. The molecule has 1 heterocycles. The molecule has 0 aliphatic carbocycles. The largest absolute Gasteiger partial charge is 0.478 e.